The average molecular weight is 249 g/mol. The molecule has 1 rings (SSSR count). The molecular formula is C10H13ClO3S. The minimum absolute atomic E-state index is 0.191. The minimum atomic E-state index is -3.30. The van der Waals surface area contributed by atoms with Crippen LogP contribution in [0.25, 0.3) is 0 Å². The summed E-state index contributed by atoms with van der Waals surface area (Å²) in [6.07, 6.45) is 0.747. The first kappa shape index (κ1) is 12.5. The van der Waals surface area contributed by atoms with Gasteiger partial charge in [-0.3, -0.25) is 0 Å². The highest BCUT2D eigenvalue weighted by atomic mass is 35.5. The van der Waals surface area contributed by atoms with Crippen molar-refractivity contribution in [2.45, 2.75) is 24.3 Å². The van der Waals surface area contributed by atoms with Crippen molar-refractivity contribution in [3.63, 3.8) is 0 Å². The van der Waals surface area contributed by atoms with Crippen molar-refractivity contribution in [1.29, 1.82) is 0 Å². The Balaban J connectivity index is 3.33. The number of benzene rings is 1. The van der Waals surface area contributed by atoms with Gasteiger partial charge in [-0.15, -0.1) is 0 Å². The van der Waals surface area contributed by atoms with Gasteiger partial charge in [0, 0.05) is 17.7 Å². The van der Waals surface area contributed by atoms with Gasteiger partial charge in [-0.1, -0.05) is 17.7 Å². The van der Waals surface area contributed by atoms with E-state index in [-0.39, 0.29) is 11.3 Å². The Hall–Kier alpha value is -0.580. The Labute approximate surface area is 94.6 Å². The first-order valence-electron chi connectivity index (χ1n) is 4.48. The van der Waals surface area contributed by atoms with E-state index in [0.717, 1.165) is 6.26 Å². The molecule has 0 spiro atoms. The molecule has 0 fully saturated rings. The summed E-state index contributed by atoms with van der Waals surface area (Å²) >= 11 is 5.90. The Morgan fingerprint density at radius 2 is 2.07 bits per heavy atom. The van der Waals surface area contributed by atoms with E-state index < -0.39 is 15.9 Å². The van der Waals surface area contributed by atoms with Gasteiger partial charge in [0.05, 0.1) is 11.0 Å². The van der Waals surface area contributed by atoms with Crippen LogP contribution in [0.2, 0.25) is 5.02 Å². The lowest BCUT2D eigenvalue weighted by Gasteiger charge is -2.11. The summed E-state index contributed by atoms with van der Waals surface area (Å²) in [7, 11) is -3.30. The predicted octanol–water partition coefficient (Wildman–Crippen LogP) is 1.67. The number of rotatable bonds is 3. The fourth-order valence-corrected chi connectivity index (χ4v) is 2.65. The summed E-state index contributed by atoms with van der Waals surface area (Å²) in [4.78, 5) is 0.191. The van der Waals surface area contributed by atoms with E-state index in [4.69, 9.17) is 11.6 Å². The SMILES string of the molecule is CC(O)Cc1c(Cl)cccc1S(C)(=O)=O. The summed E-state index contributed by atoms with van der Waals surface area (Å²) in [6.45, 7) is 1.59. The molecule has 5 heteroatoms. The van der Waals surface area contributed by atoms with Crippen molar-refractivity contribution in [2.24, 2.45) is 0 Å². The van der Waals surface area contributed by atoms with E-state index in [9.17, 15) is 13.5 Å². The number of aliphatic hydroxyl groups is 1. The number of hydrogen-bond donors (Lipinski definition) is 1. The van der Waals surface area contributed by atoms with Gasteiger partial charge in [-0.25, -0.2) is 8.42 Å². The van der Waals surface area contributed by atoms with Gasteiger partial charge in [0.1, 0.15) is 0 Å². The molecule has 1 unspecified atom stereocenters. The van der Waals surface area contributed by atoms with E-state index in [1.54, 1.807) is 19.1 Å². The van der Waals surface area contributed by atoms with Crippen molar-refractivity contribution in [3.05, 3.63) is 28.8 Å². The molecule has 84 valence electrons. The highest BCUT2D eigenvalue weighted by molar-refractivity contribution is 7.90. The molecule has 1 atom stereocenters. The topological polar surface area (TPSA) is 54.4 Å². The van der Waals surface area contributed by atoms with Crippen LogP contribution in [0.5, 0.6) is 0 Å². The number of halogens is 1. The molecule has 0 saturated heterocycles. The maximum Gasteiger partial charge on any atom is 0.175 e. The van der Waals surface area contributed by atoms with Gasteiger partial charge in [0.2, 0.25) is 0 Å². The van der Waals surface area contributed by atoms with Crippen molar-refractivity contribution in [3.8, 4) is 0 Å². The lowest BCUT2D eigenvalue weighted by molar-refractivity contribution is 0.194. The van der Waals surface area contributed by atoms with Crippen molar-refractivity contribution in [2.75, 3.05) is 6.26 Å². The lowest BCUT2D eigenvalue weighted by Crippen LogP contribution is -2.10. The second kappa shape index (κ2) is 4.51. The Morgan fingerprint density at radius 1 is 1.47 bits per heavy atom. The van der Waals surface area contributed by atoms with Gasteiger partial charge in [0.15, 0.2) is 9.84 Å². The summed E-state index contributed by atoms with van der Waals surface area (Å²) < 4.78 is 22.9. The van der Waals surface area contributed by atoms with Gasteiger partial charge in [0.25, 0.3) is 0 Å². The van der Waals surface area contributed by atoms with E-state index in [1.165, 1.54) is 6.07 Å². The summed E-state index contributed by atoms with van der Waals surface area (Å²) in [5, 5.41) is 9.64. The molecular weight excluding hydrogens is 236 g/mol. The van der Waals surface area contributed by atoms with Crippen molar-refractivity contribution < 1.29 is 13.5 Å². The molecule has 1 aromatic carbocycles. The monoisotopic (exact) mass is 248 g/mol. The molecule has 0 heterocycles. The summed E-state index contributed by atoms with van der Waals surface area (Å²) in [6, 6.07) is 4.71. The normalized spacial score (nSPS) is 13.9. The van der Waals surface area contributed by atoms with E-state index in [1.807, 2.05) is 0 Å². The number of hydrogen-bond acceptors (Lipinski definition) is 3. The molecule has 3 nitrogen and oxygen atoms in total. The number of aliphatic hydroxyl groups excluding tert-OH is 1. The quantitative estimate of drug-likeness (QED) is 0.885. The van der Waals surface area contributed by atoms with Crippen LogP contribution in [-0.4, -0.2) is 25.9 Å². The Kier molecular flexibility index (Phi) is 3.76. The Morgan fingerprint density at radius 3 is 2.53 bits per heavy atom. The molecule has 0 amide bonds. The van der Waals surface area contributed by atoms with Gasteiger partial charge >= 0.3 is 0 Å². The third kappa shape index (κ3) is 3.19. The standard InChI is InChI=1S/C10H13ClO3S/c1-7(12)6-8-9(11)4-3-5-10(8)15(2,13)14/h3-5,7,12H,6H2,1-2H3. The first-order chi connectivity index (χ1) is 6.82. The smallest absolute Gasteiger partial charge is 0.175 e. The zero-order chi connectivity index (χ0) is 11.6. The molecule has 1 aromatic rings. The number of sulfone groups is 1. The molecule has 0 radical (unpaired) electrons. The maximum absolute atomic E-state index is 11.4. The lowest BCUT2D eigenvalue weighted by atomic mass is 10.1. The van der Waals surface area contributed by atoms with Crippen LogP contribution in [0.1, 0.15) is 12.5 Å². The Bertz CT molecular complexity index is 452. The first-order valence-corrected chi connectivity index (χ1v) is 6.75. The largest absolute Gasteiger partial charge is 0.393 e. The molecule has 15 heavy (non-hydrogen) atoms. The molecule has 0 aliphatic heterocycles. The zero-order valence-corrected chi connectivity index (χ0v) is 10.1. The van der Waals surface area contributed by atoms with E-state index in [0.29, 0.717) is 10.6 Å². The zero-order valence-electron chi connectivity index (χ0n) is 8.57. The van der Waals surface area contributed by atoms with Gasteiger partial charge in [-0.05, 0) is 24.6 Å². The third-order valence-electron chi connectivity index (χ3n) is 1.97. The fourth-order valence-electron chi connectivity index (χ4n) is 1.38. The highest BCUT2D eigenvalue weighted by Gasteiger charge is 2.16. The van der Waals surface area contributed by atoms with Gasteiger partial charge in [-0.2, -0.15) is 0 Å². The van der Waals surface area contributed by atoms with Crippen molar-refractivity contribution >= 4 is 21.4 Å². The van der Waals surface area contributed by atoms with E-state index >= 15 is 0 Å². The fraction of sp³-hybridized carbons (Fsp3) is 0.400. The summed E-state index contributed by atoms with van der Waals surface area (Å²) in [5.74, 6) is 0. The van der Waals surface area contributed by atoms with Crippen LogP contribution in [0.4, 0.5) is 0 Å². The molecule has 0 aliphatic rings. The van der Waals surface area contributed by atoms with Crippen LogP contribution in [0.15, 0.2) is 23.1 Å². The van der Waals surface area contributed by atoms with Crippen LogP contribution >= 0.6 is 11.6 Å². The van der Waals surface area contributed by atoms with Crippen LogP contribution in [-0.2, 0) is 16.3 Å². The molecule has 0 saturated carbocycles. The maximum atomic E-state index is 11.4. The second-order valence-corrected chi connectivity index (χ2v) is 5.93. The second-order valence-electron chi connectivity index (χ2n) is 3.54. The molecule has 0 aromatic heterocycles. The molecule has 0 aliphatic carbocycles. The minimum Gasteiger partial charge on any atom is -0.393 e. The summed E-state index contributed by atoms with van der Waals surface area (Å²) in [5.41, 5.74) is 0.483. The predicted molar refractivity (Wildman–Crippen MR) is 59.9 cm³/mol. The average Bonchev–Trinajstić information content (AvgIpc) is 2.05. The van der Waals surface area contributed by atoms with Crippen LogP contribution in [0.3, 0.4) is 0 Å². The van der Waals surface area contributed by atoms with Crippen LogP contribution < -0.4 is 0 Å². The van der Waals surface area contributed by atoms with Gasteiger partial charge < -0.3 is 5.11 Å². The van der Waals surface area contributed by atoms with Crippen molar-refractivity contribution in [1.82, 2.24) is 0 Å². The van der Waals surface area contributed by atoms with E-state index in [2.05, 4.69) is 0 Å². The van der Waals surface area contributed by atoms with Crippen LogP contribution in [0, 0.1) is 0 Å². The highest BCUT2D eigenvalue weighted by Crippen LogP contribution is 2.25. The molecule has 0 bridgehead atoms. The molecule has 1 N–H and O–H groups in total. The third-order valence-corrected chi connectivity index (χ3v) is 3.51.